The minimum atomic E-state index is -3.97. The molecule has 9 heteroatoms. The van der Waals surface area contributed by atoms with Crippen LogP contribution in [0, 0.1) is 0 Å². The molecule has 0 aliphatic rings. The van der Waals surface area contributed by atoms with E-state index in [1.807, 2.05) is 30.3 Å². The van der Waals surface area contributed by atoms with Crippen LogP contribution in [0.4, 0.5) is 0 Å². The van der Waals surface area contributed by atoms with Gasteiger partial charge in [-0.1, -0.05) is 36.4 Å². The van der Waals surface area contributed by atoms with Gasteiger partial charge in [-0.25, -0.2) is 8.42 Å². The van der Waals surface area contributed by atoms with Crippen LogP contribution in [0.3, 0.4) is 0 Å². The van der Waals surface area contributed by atoms with E-state index in [9.17, 15) is 23.1 Å². The van der Waals surface area contributed by atoms with Crippen molar-refractivity contribution in [3.63, 3.8) is 0 Å². The lowest BCUT2D eigenvalue weighted by atomic mass is 10.0. The van der Waals surface area contributed by atoms with Crippen molar-refractivity contribution in [1.82, 2.24) is 14.5 Å². The topological polar surface area (TPSA) is 118 Å². The third-order valence-electron chi connectivity index (χ3n) is 3.28. The zero-order valence-corrected chi connectivity index (χ0v) is 14.0. The van der Waals surface area contributed by atoms with Crippen molar-refractivity contribution in [3.8, 4) is 0 Å². The molecule has 0 saturated heterocycles. The molecule has 132 valence electrons. The van der Waals surface area contributed by atoms with Crippen LogP contribution < -0.4 is 4.72 Å². The summed E-state index contributed by atoms with van der Waals surface area (Å²) in [6.07, 6.45) is 3.75. The van der Waals surface area contributed by atoms with Crippen molar-refractivity contribution in [2.45, 2.75) is 12.5 Å². The maximum Gasteiger partial charge on any atom is 0.320 e. The lowest BCUT2D eigenvalue weighted by molar-refractivity contribution is -0.142. The maximum atomic E-state index is 12.1. The van der Waals surface area contributed by atoms with Crippen molar-refractivity contribution < 1.29 is 23.1 Å². The van der Waals surface area contributed by atoms with Gasteiger partial charge in [0, 0.05) is 11.8 Å². The number of rotatable bonds is 8. The second-order valence-electron chi connectivity index (χ2n) is 5.26. The number of carbonyl (C=O) groups excluding carboxylic acids is 1. The molecule has 0 aliphatic carbocycles. The normalized spacial score (nSPS) is 12.3. The second kappa shape index (κ2) is 7.75. The van der Waals surface area contributed by atoms with Gasteiger partial charge >= 0.3 is 5.97 Å². The molecule has 1 aromatic heterocycles. The highest BCUT2D eigenvalue weighted by atomic mass is 32.2. The Morgan fingerprint density at radius 3 is 2.60 bits per heavy atom. The first-order chi connectivity index (χ1) is 11.8. The molecule has 2 aromatic rings. The molecule has 0 bridgehead atoms. The number of benzene rings is 1. The van der Waals surface area contributed by atoms with Crippen molar-refractivity contribution >= 4 is 21.9 Å². The van der Waals surface area contributed by atoms with E-state index in [1.165, 1.54) is 17.1 Å². The fourth-order valence-electron chi connectivity index (χ4n) is 2.20. The lowest BCUT2D eigenvalue weighted by Crippen LogP contribution is -2.38. The van der Waals surface area contributed by atoms with Gasteiger partial charge in [0.25, 0.3) is 5.91 Å². The number of carbonyl (C=O) groups is 2. The molecule has 0 aliphatic heterocycles. The summed E-state index contributed by atoms with van der Waals surface area (Å²) in [4.78, 5) is 23.5. The fourth-order valence-corrected chi connectivity index (χ4v) is 3.02. The number of aliphatic carboxylic acids is 1. The van der Waals surface area contributed by atoms with Crippen LogP contribution in [-0.4, -0.2) is 40.9 Å². The van der Waals surface area contributed by atoms with Crippen LogP contribution in [0.15, 0.2) is 55.4 Å². The van der Waals surface area contributed by atoms with Crippen molar-refractivity contribution in [1.29, 1.82) is 0 Å². The van der Waals surface area contributed by atoms with Gasteiger partial charge in [0.05, 0.1) is 18.5 Å². The number of aromatic nitrogens is 2. The third-order valence-corrected chi connectivity index (χ3v) is 4.46. The maximum absolute atomic E-state index is 12.1. The minimum absolute atomic E-state index is 0.0923. The first-order valence-electron chi connectivity index (χ1n) is 7.26. The molecule has 0 saturated carbocycles. The molecule has 1 atom stereocenters. The largest absolute Gasteiger partial charge is 0.480 e. The van der Waals surface area contributed by atoms with Crippen LogP contribution in [0.5, 0.6) is 0 Å². The highest BCUT2D eigenvalue weighted by molar-refractivity contribution is 7.90. The SMILES string of the molecule is C=CCS(=O)(=O)NC(=O)C(C(=O)O)c1cnn(Cc2ccccc2)c1. The van der Waals surface area contributed by atoms with E-state index in [1.54, 1.807) is 4.72 Å². The van der Waals surface area contributed by atoms with Gasteiger partial charge < -0.3 is 5.11 Å². The number of hydrogen-bond acceptors (Lipinski definition) is 5. The summed E-state index contributed by atoms with van der Waals surface area (Å²) in [7, 11) is -3.97. The number of nitrogens with zero attached hydrogens (tertiary/aromatic N) is 2. The van der Waals surface area contributed by atoms with Gasteiger partial charge in [0.2, 0.25) is 10.0 Å². The van der Waals surface area contributed by atoms with E-state index in [0.717, 1.165) is 11.6 Å². The lowest BCUT2D eigenvalue weighted by Gasteiger charge is -2.11. The molecule has 1 heterocycles. The number of carboxylic acids is 1. The Morgan fingerprint density at radius 2 is 2.00 bits per heavy atom. The van der Waals surface area contributed by atoms with Crippen LogP contribution in [0.2, 0.25) is 0 Å². The number of carboxylic acid groups (broad SMARTS) is 1. The van der Waals surface area contributed by atoms with Gasteiger partial charge in [-0.05, 0) is 5.56 Å². The highest BCUT2D eigenvalue weighted by Crippen LogP contribution is 2.17. The first kappa shape index (κ1) is 18.4. The molecule has 8 nitrogen and oxygen atoms in total. The van der Waals surface area contributed by atoms with Gasteiger partial charge in [-0.15, -0.1) is 6.58 Å². The molecule has 1 amide bonds. The summed E-state index contributed by atoms with van der Waals surface area (Å²) in [6.45, 7) is 3.67. The zero-order chi connectivity index (χ0) is 18.4. The predicted octanol–water partition coefficient (Wildman–Crippen LogP) is 0.732. The summed E-state index contributed by atoms with van der Waals surface area (Å²) in [5, 5.41) is 13.3. The molecule has 1 aromatic carbocycles. The minimum Gasteiger partial charge on any atom is -0.480 e. The average molecular weight is 363 g/mol. The fraction of sp³-hybridized carbons (Fsp3) is 0.188. The molecule has 25 heavy (non-hydrogen) atoms. The Labute approximate surface area is 144 Å². The molecule has 1 unspecified atom stereocenters. The van der Waals surface area contributed by atoms with Gasteiger partial charge in [-0.2, -0.15) is 5.10 Å². The first-order valence-corrected chi connectivity index (χ1v) is 8.92. The van der Waals surface area contributed by atoms with Crippen LogP contribution in [-0.2, 0) is 26.2 Å². The van der Waals surface area contributed by atoms with E-state index in [4.69, 9.17) is 0 Å². The van der Waals surface area contributed by atoms with E-state index in [-0.39, 0.29) is 5.56 Å². The van der Waals surface area contributed by atoms with Gasteiger partial charge in [0.15, 0.2) is 5.92 Å². The monoisotopic (exact) mass is 363 g/mol. The number of hydrogen-bond donors (Lipinski definition) is 2. The smallest absolute Gasteiger partial charge is 0.320 e. The summed E-state index contributed by atoms with van der Waals surface area (Å²) >= 11 is 0. The molecule has 0 fully saturated rings. The number of amides is 1. The summed E-state index contributed by atoms with van der Waals surface area (Å²) in [6, 6.07) is 9.34. The van der Waals surface area contributed by atoms with Crippen LogP contribution in [0.25, 0.3) is 0 Å². The van der Waals surface area contributed by atoms with Gasteiger partial charge in [0.1, 0.15) is 0 Å². The van der Waals surface area contributed by atoms with Crippen LogP contribution in [0.1, 0.15) is 17.0 Å². The second-order valence-corrected chi connectivity index (χ2v) is 7.03. The Kier molecular flexibility index (Phi) is 5.71. The molecule has 0 radical (unpaired) electrons. The van der Waals surface area contributed by atoms with E-state index in [0.29, 0.717) is 6.54 Å². The van der Waals surface area contributed by atoms with E-state index >= 15 is 0 Å². The van der Waals surface area contributed by atoms with Crippen molar-refractivity contribution in [3.05, 3.63) is 66.5 Å². The Morgan fingerprint density at radius 1 is 1.32 bits per heavy atom. The Bertz CT molecular complexity index is 874. The number of sulfonamides is 1. The van der Waals surface area contributed by atoms with E-state index < -0.39 is 33.6 Å². The highest BCUT2D eigenvalue weighted by Gasteiger charge is 2.32. The Balaban J connectivity index is 2.19. The van der Waals surface area contributed by atoms with Crippen molar-refractivity contribution in [2.24, 2.45) is 0 Å². The molecule has 2 rings (SSSR count). The van der Waals surface area contributed by atoms with Crippen LogP contribution >= 0.6 is 0 Å². The van der Waals surface area contributed by atoms with Crippen molar-refractivity contribution in [2.75, 3.05) is 5.75 Å². The molecule has 2 N–H and O–H groups in total. The van der Waals surface area contributed by atoms with E-state index in [2.05, 4.69) is 11.7 Å². The van der Waals surface area contributed by atoms with Gasteiger partial charge in [-0.3, -0.25) is 19.0 Å². The molecular formula is C16H17N3O5S. The predicted molar refractivity (Wildman–Crippen MR) is 90.3 cm³/mol. The summed E-state index contributed by atoms with van der Waals surface area (Å²) in [5.74, 6) is -4.78. The molecular weight excluding hydrogens is 346 g/mol. The Hall–Kier alpha value is -2.94. The summed E-state index contributed by atoms with van der Waals surface area (Å²) < 4.78 is 26.5. The third kappa shape index (κ3) is 5.01. The average Bonchev–Trinajstić information content (AvgIpc) is 2.95. The summed E-state index contributed by atoms with van der Waals surface area (Å²) in [5.41, 5.74) is 1.04. The quantitative estimate of drug-likeness (QED) is 0.527. The zero-order valence-electron chi connectivity index (χ0n) is 13.2. The standard InChI is InChI=1S/C16H17N3O5S/c1-2-8-25(23,24)18-15(20)14(16(21)22)13-9-17-19(11-13)10-12-6-4-3-5-7-12/h2-7,9,11,14H,1,8,10H2,(H,18,20)(H,21,22). The number of nitrogens with one attached hydrogen (secondary N) is 1. The molecule has 0 spiro atoms.